The van der Waals surface area contributed by atoms with Crippen LogP contribution in [0.25, 0.3) is 5.70 Å². The summed E-state index contributed by atoms with van der Waals surface area (Å²) in [5.74, 6) is 1.36. The number of fused-ring (bicyclic) bond motifs is 1. The molecule has 0 spiro atoms. The second-order valence-corrected chi connectivity index (χ2v) is 8.31. The van der Waals surface area contributed by atoms with Gasteiger partial charge in [0.05, 0.1) is 7.11 Å². The highest BCUT2D eigenvalue weighted by atomic mass is 16.5. The summed E-state index contributed by atoms with van der Waals surface area (Å²) in [6.07, 6.45) is 9.79. The third kappa shape index (κ3) is 4.08. The monoisotopic (exact) mass is 341 g/mol. The van der Waals surface area contributed by atoms with Crippen molar-refractivity contribution in [3.63, 3.8) is 0 Å². The van der Waals surface area contributed by atoms with Gasteiger partial charge >= 0.3 is 0 Å². The predicted molar refractivity (Wildman–Crippen MR) is 103 cm³/mol. The Morgan fingerprint density at radius 3 is 2.52 bits per heavy atom. The number of methoxy groups -OCH3 is 1. The molecule has 1 heterocycles. The van der Waals surface area contributed by atoms with E-state index in [4.69, 9.17) is 4.74 Å². The number of benzene rings is 1. The minimum atomic E-state index is -0.0520. The van der Waals surface area contributed by atoms with Crippen molar-refractivity contribution in [2.24, 2.45) is 5.92 Å². The van der Waals surface area contributed by atoms with E-state index >= 15 is 0 Å². The van der Waals surface area contributed by atoms with E-state index in [1.165, 1.54) is 31.2 Å². The number of allylic oxidation sites excluding steroid dienone is 1. The molecule has 3 rings (SSSR count). The first-order valence-corrected chi connectivity index (χ1v) is 9.61. The molecule has 1 saturated carbocycles. The number of hydrogen-bond donors (Lipinski definition) is 1. The normalized spacial score (nSPS) is 22.0. The lowest BCUT2D eigenvalue weighted by atomic mass is 9.84. The number of ether oxygens (including phenoxy) is 1. The van der Waals surface area contributed by atoms with Gasteiger partial charge in [0, 0.05) is 28.8 Å². The first-order valence-electron chi connectivity index (χ1n) is 9.61. The zero-order valence-electron chi connectivity index (χ0n) is 16.1. The molecule has 1 fully saturated rings. The Morgan fingerprint density at radius 1 is 1.20 bits per heavy atom. The first kappa shape index (κ1) is 18.0. The van der Waals surface area contributed by atoms with E-state index in [1.807, 2.05) is 6.08 Å². The number of nitrogens with one attached hydrogen (secondary N) is 1. The number of aryl methyl sites for hydroxylation is 1. The van der Waals surface area contributed by atoms with E-state index < -0.39 is 0 Å². The molecule has 0 saturated heterocycles. The molecule has 1 N–H and O–H groups in total. The average molecular weight is 341 g/mol. The maximum Gasteiger partial charge on any atom is 0.160 e. The van der Waals surface area contributed by atoms with Crippen molar-refractivity contribution < 1.29 is 9.53 Å². The van der Waals surface area contributed by atoms with Gasteiger partial charge in [-0.3, -0.25) is 4.79 Å². The summed E-state index contributed by atoms with van der Waals surface area (Å²) in [4.78, 5) is 12.9. The van der Waals surface area contributed by atoms with Crippen LogP contribution in [0.1, 0.15) is 69.1 Å². The van der Waals surface area contributed by atoms with Crippen LogP contribution < -0.4 is 10.1 Å². The third-order valence-electron chi connectivity index (χ3n) is 5.56. The molecule has 1 aromatic carbocycles. The van der Waals surface area contributed by atoms with Crippen LogP contribution >= 0.6 is 0 Å². The fraction of sp³-hybridized carbons (Fsp3) is 0.591. The Kier molecular flexibility index (Phi) is 5.21. The van der Waals surface area contributed by atoms with E-state index in [0.29, 0.717) is 0 Å². The number of rotatable bonds is 3. The molecule has 0 aromatic heterocycles. The lowest BCUT2D eigenvalue weighted by Crippen LogP contribution is -2.44. The largest absolute Gasteiger partial charge is 0.496 e. The van der Waals surface area contributed by atoms with Crippen LogP contribution in [0.4, 0.5) is 0 Å². The van der Waals surface area contributed by atoms with E-state index in [2.05, 4.69) is 38.2 Å². The van der Waals surface area contributed by atoms with Crippen LogP contribution in [-0.2, 0) is 11.2 Å². The topological polar surface area (TPSA) is 38.3 Å². The molecule has 1 aliphatic carbocycles. The Balaban J connectivity index is 1.96. The second kappa shape index (κ2) is 7.23. The predicted octanol–water partition coefficient (Wildman–Crippen LogP) is 4.81. The van der Waals surface area contributed by atoms with Gasteiger partial charge in [-0.1, -0.05) is 31.7 Å². The second-order valence-electron chi connectivity index (χ2n) is 8.31. The third-order valence-corrected chi connectivity index (χ3v) is 5.56. The first-order chi connectivity index (χ1) is 11.9. The van der Waals surface area contributed by atoms with Crippen LogP contribution in [-0.4, -0.2) is 18.4 Å². The van der Waals surface area contributed by atoms with E-state index in [9.17, 15) is 4.79 Å². The van der Waals surface area contributed by atoms with Crippen molar-refractivity contribution in [1.82, 2.24) is 5.32 Å². The van der Waals surface area contributed by atoms with E-state index in [0.717, 1.165) is 41.8 Å². The number of hydrogen-bond acceptors (Lipinski definition) is 3. The average Bonchev–Trinajstić information content (AvgIpc) is 2.82. The van der Waals surface area contributed by atoms with Crippen molar-refractivity contribution in [2.45, 2.75) is 71.3 Å². The molecule has 25 heavy (non-hydrogen) atoms. The maximum absolute atomic E-state index is 12.9. The zero-order chi connectivity index (χ0) is 18.0. The van der Waals surface area contributed by atoms with Gasteiger partial charge in [-0.2, -0.15) is 0 Å². The summed E-state index contributed by atoms with van der Waals surface area (Å²) >= 11 is 0. The summed E-state index contributed by atoms with van der Waals surface area (Å²) < 4.78 is 5.51. The molecule has 3 heteroatoms. The summed E-state index contributed by atoms with van der Waals surface area (Å²) in [5.41, 5.74) is 4.46. The molecule has 0 radical (unpaired) electrons. The van der Waals surface area contributed by atoms with Crippen LogP contribution in [0.3, 0.4) is 0 Å². The number of ketones is 1. The lowest BCUT2D eigenvalue weighted by Gasteiger charge is -2.36. The lowest BCUT2D eigenvalue weighted by molar-refractivity contribution is -0.118. The Labute approximate surface area is 151 Å². The van der Waals surface area contributed by atoms with Crippen molar-refractivity contribution in [3.05, 3.63) is 34.9 Å². The maximum atomic E-state index is 12.9. The summed E-state index contributed by atoms with van der Waals surface area (Å²) in [7, 11) is 1.70. The molecule has 3 nitrogen and oxygen atoms in total. The fourth-order valence-electron chi connectivity index (χ4n) is 4.25. The summed E-state index contributed by atoms with van der Waals surface area (Å²) in [6.45, 7) is 6.47. The van der Waals surface area contributed by atoms with Crippen LogP contribution in [0.2, 0.25) is 0 Å². The van der Waals surface area contributed by atoms with Gasteiger partial charge in [-0.25, -0.2) is 0 Å². The Morgan fingerprint density at radius 2 is 1.88 bits per heavy atom. The smallest absolute Gasteiger partial charge is 0.160 e. The summed E-state index contributed by atoms with van der Waals surface area (Å²) in [5, 5.41) is 3.59. The Bertz CT molecular complexity index is 680. The van der Waals surface area contributed by atoms with Gasteiger partial charge in [0.25, 0.3) is 0 Å². The van der Waals surface area contributed by atoms with Gasteiger partial charge < -0.3 is 10.1 Å². The highest BCUT2D eigenvalue weighted by molar-refractivity contribution is 5.98. The molecule has 2 aliphatic rings. The van der Waals surface area contributed by atoms with Crippen molar-refractivity contribution >= 4 is 11.5 Å². The van der Waals surface area contributed by atoms with E-state index in [1.54, 1.807) is 7.11 Å². The van der Waals surface area contributed by atoms with Gasteiger partial charge in [0.15, 0.2) is 5.78 Å². The van der Waals surface area contributed by atoms with Gasteiger partial charge in [-0.15, -0.1) is 0 Å². The minimum Gasteiger partial charge on any atom is -0.496 e. The summed E-state index contributed by atoms with van der Waals surface area (Å²) in [6, 6.07) is 4.29. The van der Waals surface area contributed by atoms with Crippen LogP contribution in [0, 0.1) is 12.8 Å². The quantitative estimate of drug-likeness (QED) is 0.633. The number of carbonyl (C=O) groups is 1. The van der Waals surface area contributed by atoms with E-state index in [-0.39, 0.29) is 17.2 Å². The highest BCUT2D eigenvalue weighted by Crippen LogP contribution is 2.35. The number of carbonyl (C=O) groups excluding carboxylic acids is 1. The minimum absolute atomic E-state index is 0.0520. The molecule has 0 unspecified atom stereocenters. The van der Waals surface area contributed by atoms with Crippen molar-refractivity contribution in [1.29, 1.82) is 0 Å². The standard InChI is InChI=1S/C22H31NO2/c1-15-11-17-14-22(2,3)23-19(18(17)12-21(15)25-4)13-20(24)16-9-7-5-6-8-10-16/h11-13,16,23H,5-10,14H2,1-4H3. The molecule has 1 aliphatic heterocycles. The van der Waals surface area contributed by atoms with Gasteiger partial charge in [0.2, 0.25) is 0 Å². The van der Waals surface area contributed by atoms with Crippen molar-refractivity contribution in [3.8, 4) is 5.75 Å². The molecule has 1 aromatic rings. The Hall–Kier alpha value is -1.77. The fourth-order valence-corrected chi connectivity index (χ4v) is 4.25. The van der Waals surface area contributed by atoms with Gasteiger partial charge in [-0.05, 0) is 57.2 Å². The molecular formula is C22H31NO2. The zero-order valence-corrected chi connectivity index (χ0v) is 16.1. The molecule has 0 bridgehead atoms. The van der Waals surface area contributed by atoms with Crippen LogP contribution in [0.15, 0.2) is 18.2 Å². The highest BCUT2D eigenvalue weighted by Gasteiger charge is 2.29. The SMILES string of the molecule is COc1cc2c(cc1C)CC(C)(C)NC2=CC(=O)C1CCCCCC1. The molecular weight excluding hydrogens is 310 g/mol. The van der Waals surface area contributed by atoms with Crippen LogP contribution in [0.5, 0.6) is 5.75 Å². The van der Waals surface area contributed by atoms with Gasteiger partial charge in [0.1, 0.15) is 5.75 Å². The molecule has 136 valence electrons. The molecule has 0 atom stereocenters. The van der Waals surface area contributed by atoms with Crippen molar-refractivity contribution in [2.75, 3.05) is 7.11 Å². The molecule has 0 amide bonds.